The SMILES string of the molecule is N#Cc1ccc2c3c1ccc1c(-c4c5ccccc5c(-c5ccc(-c6ccccc6)c6ccccc56)c5ccccc45)ccc(c13)n2-c1cccnc1. The summed E-state index contributed by atoms with van der Waals surface area (Å²) in [6.07, 6.45) is 3.71. The molecule has 0 saturated heterocycles. The summed E-state index contributed by atoms with van der Waals surface area (Å²) in [5, 5.41) is 21.9. The van der Waals surface area contributed by atoms with Gasteiger partial charge in [-0.25, -0.2) is 0 Å². The number of fused-ring (bicyclic) bond motifs is 3. The van der Waals surface area contributed by atoms with E-state index in [0.29, 0.717) is 5.56 Å². The van der Waals surface area contributed by atoms with E-state index in [-0.39, 0.29) is 0 Å². The van der Waals surface area contributed by atoms with Crippen LogP contribution in [0.1, 0.15) is 5.56 Å². The Bertz CT molecular complexity index is 3220. The van der Waals surface area contributed by atoms with Crippen LogP contribution in [0.2, 0.25) is 0 Å². The van der Waals surface area contributed by atoms with Crippen molar-refractivity contribution in [1.82, 2.24) is 9.55 Å². The van der Waals surface area contributed by atoms with Crippen molar-refractivity contribution in [1.29, 1.82) is 5.26 Å². The first-order valence-corrected chi connectivity index (χ1v) is 17.9. The minimum atomic E-state index is 0.681. The molecule has 0 fully saturated rings. The maximum atomic E-state index is 10.2. The number of nitriles is 1. The molecule has 0 saturated carbocycles. The molecule has 3 nitrogen and oxygen atoms in total. The first-order chi connectivity index (χ1) is 26.3. The van der Waals surface area contributed by atoms with E-state index in [2.05, 4.69) is 167 Å². The van der Waals surface area contributed by atoms with Crippen LogP contribution in [0.4, 0.5) is 0 Å². The van der Waals surface area contributed by atoms with E-state index in [0.717, 1.165) is 32.9 Å². The van der Waals surface area contributed by atoms with Gasteiger partial charge >= 0.3 is 0 Å². The van der Waals surface area contributed by atoms with Crippen LogP contribution in [-0.4, -0.2) is 9.55 Å². The second-order valence-corrected chi connectivity index (χ2v) is 13.7. The Hall–Kier alpha value is -7.28. The molecule has 0 unspecified atom stereocenters. The minimum Gasteiger partial charge on any atom is -0.308 e. The molecule has 3 heteroatoms. The van der Waals surface area contributed by atoms with E-state index in [1.54, 1.807) is 6.20 Å². The molecule has 2 heterocycles. The average Bonchev–Trinajstić information content (AvgIpc) is 3.57. The van der Waals surface area contributed by atoms with Gasteiger partial charge in [-0.1, -0.05) is 133 Å². The van der Waals surface area contributed by atoms with E-state index in [4.69, 9.17) is 0 Å². The van der Waals surface area contributed by atoms with Crippen molar-refractivity contribution >= 4 is 64.9 Å². The number of benzene rings is 9. The van der Waals surface area contributed by atoms with Gasteiger partial charge in [-0.05, 0) is 101 Å². The zero-order valence-corrected chi connectivity index (χ0v) is 28.6. The van der Waals surface area contributed by atoms with Crippen molar-refractivity contribution in [2.45, 2.75) is 0 Å². The topological polar surface area (TPSA) is 41.6 Å². The van der Waals surface area contributed by atoms with Crippen LogP contribution in [0.25, 0.3) is 104 Å². The Morgan fingerprint density at radius 2 is 0.925 bits per heavy atom. The summed E-state index contributed by atoms with van der Waals surface area (Å²) in [7, 11) is 0. The molecular weight excluding hydrogens is 643 g/mol. The third kappa shape index (κ3) is 4.18. The van der Waals surface area contributed by atoms with Gasteiger partial charge in [-0.2, -0.15) is 5.26 Å². The van der Waals surface area contributed by atoms with Crippen molar-refractivity contribution in [2.75, 3.05) is 0 Å². The van der Waals surface area contributed by atoms with E-state index >= 15 is 0 Å². The average molecular weight is 672 g/mol. The lowest BCUT2D eigenvalue weighted by Gasteiger charge is -2.20. The second kappa shape index (κ2) is 11.4. The Kier molecular flexibility index (Phi) is 6.32. The number of hydrogen-bond acceptors (Lipinski definition) is 2. The molecule has 0 bridgehead atoms. The summed E-state index contributed by atoms with van der Waals surface area (Å²) in [5.41, 5.74) is 11.2. The third-order valence-corrected chi connectivity index (χ3v) is 11.1. The van der Waals surface area contributed by atoms with E-state index in [9.17, 15) is 5.26 Å². The molecular formula is C50H29N3. The molecule has 11 rings (SSSR count). The normalized spacial score (nSPS) is 11.8. The molecule has 0 spiro atoms. The van der Waals surface area contributed by atoms with Crippen molar-refractivity contribution in [3.05, 3.63) is 182 Å². The Labute approximate surface area is 305 Å². The van der Waals surface area contributed by atoms with Crippen LogP contribution >= 0.6 is 0 Å². The molecule has 11 aromatic rings. The summed E-state index contributed by atoms with van der Waals surface area (Å²) in [6, 6.07) is 61.3. The lowest BCUT2D eigenvalue weighted by molar-refractivity contribution is 1.14. The van der Waals surface area contributed by atoms with Gasteiger partial charge in [0.05, 0.1) is 34.6 Å². The van der Waals surface area contributed by atoms with Crippen molar-refractivity contribution in [2.24, 2.45) is 0 Å². The van der Waals surface area contributed by atoms with Gasteiger partial charge in [0.1, 0.15) is 0 Å². The summed E-state index contributed by atoms with van der Waals surface area (Å²) in [5.74, 6) is 0. The van der Waals surface area contributed by atoms with Crippen molar-refractivity contribution in [3.63, 3.8) is 0 Å². The smallest absolute Gasteiger partial charge is 0.0998 e. The maximum absolute atomic E-state index is 10.2. The fourth-order valence-electron chi connectivity index (χ4n) is 8.93. The molecule has 0 atom stereocenters. The van der Waals surface area contributed by atoms with E-state index < -0.39 is 0 Å². The predicted molar refractivity (Wildman–Crippen MR) is 221 cm³/mol. The molecule has 0 aliphatic carbocycles. The van der Waals surface area contributed by atoms with E-state index in [1.165, 1.54) is 71.1 Å². The minimum absolute atomic E-state index is 0.681. The first kappa shape index (κ1) is 29.5. The van der Waals surface area contributed by atoms with Gasteiger partial charge in [0.15, 0.2) is 0 Å². The van der Waals surface area contributed by atoms with Crippen LogP contribution in [-0.2, 0) is 0 Å². The summed E-state index contributed by atoms with van der Waals surface area (Å²) >= 11 is 0. The summed E-state index contributed by atoms with van der Waals surface area (Å²) in [6.45, 7) is 0. The molecule has 0 amide bonds. The molecule has 244 valence electrons. The number of pyridine rings is 1. The van der Waals surface area contributed by atoms with Crippen LogP contribution in [0.3, 0.4) is 0 Å². The fraction of sp³-hybridized carbons (Fsp3) is 0. The van der Waals surface area contributed by atoms with Gasteiger partial charge in [0.25, 0.3) is 0 Å². The standard InChI is InChI=1S/C50H29N3/c51-29-32-20-26-45-49-35(32)22-24-44-43(25-27-46(50(44)49)53(45)33-13-10-28-52-30-33)48-40-18-8-6-16-38(40)47(39-17-7-9-19-41(39)48)42-23-21-34(31-11-2-1-3-12-31)36-14-4-5-15-37(36)42/h1-28,30H. The van der Waals surface area contributed by atoms with E-state index in [1.807, 2.05) is 18.3 Å². The lowest BCUT2D eigenvalue weighted by atomic mass is 9.82. The predicted octanol–water partition coefficient (Wildman–Crippen LogP) is 13.1. The molecule has 9 aromatic carbocycles. The lowest BCUT2D eigenvalue weighted by Crippen LogP contribution is -1.95. The zero-order valence-electron chi connectivity index (χ0n) is 28.6. The first-order valence-electron chi connectivity index (χ1n) is 17.9. The van der Waals surface area contributed by atoms with Crippen LogP contribution in [0.5, 0.6) is 0 Å². The molecule has 53 heavy (non-hydrogen) atoms. The molecule has 0 aliphatic rings. The van der Waals surface area contributed by atoms with Crippen LogP contribution in [0.15, 0.2) is 176 Å². The zero-order chi connectivity index (χ0) is 35.0. The van der Waals surface area contributed by atoms with Crippen molar-refractivity contribution < 1.29 is 0 Å². The highest BCUT2D eigenvalue weighted by molar-refractivity contribution is 6.31. The van der Waals surface area contributed by atoms with Gasteiger partial charge < -0.3 is 4.57 Å². The maximum Gasteiger partial charge on any atom is 0.0998 e. The van der Waals surface area contributed by atoms with Crippen LogP contribution < -0.4 is 0 Å². The van der Waals surface area contributed by atoms with Gasteiger partial charge in [-0.15, -0.1) is 0 Å². The Balaban J connectivity index is 1.25. The number of hydrogen-bond donors (Lipinski definition) is 0. The fourth-order valence-corrected chi connectivity index (χ4v) is 8.93. The van der Waals surface area contributed by atoms with Gasteiger partial charge in [0.2, 0.25) is 0 Å². The quantitative estimate of drug-likeness (QED) is 0.138. The Morgan fingerprint density at radius 1 is 0.415 bits per heavy atom. The summed E-state index contributed by atoms with van der Waals surface area (Å²) in [4.78, 5) is 4.47. The number of aromatic nitrogens is 2. The highest BCUT2D eigenvalue weighted by atomic mass is 15.0. The number of rotatable bonds is 4. The van der Waals surface area contributed by atoms with Crippen LogP contribution in [0, 0.1) is 11.3 Å². The highest BCUT2D eigenvalue weighted by Gasteiger charge is 2.24. The number of nitrogens with zero attached hydrogens (tertiary/aromatic N) is 3. The molecule has 0 radical (unpaired) electrons. The monoisotopic (exact) mass is 671 g/mol. The molecule has 2 aromatic heterocycles. The Morgan fingerprint density at radius 3 is 1.55 bits per heavy atom. The highest BCUT2D eigenvalue weighted by Crippen LogP contribution is 2.49. The molecule has 0 N–H and O–H groups in total. The van der Waals surface area contributed by atoms with Gasteiger partial charge in [-0.3, -0.25) is 4.98 Å². The molecule has 0 aliphatic heterocycles. The second-order valence-electron chi connectivity index (χ2n) is 13.7. The third-order valence-electron chi connectivity index (χ3n) is 11.1. The summed E-state index contributed by atoms with van der Waals surface area (Å²) < 4.78 is 2.28. The van der Waals surface area contributed by atoms with Crippen molar-refractivity contribution in [3.8, 4) is 45.1 Å². The largest absolute Gasteiger partial charge is 0.308 e. The van der Waals surface area contributed by atoms with Gasteiger partial charge in [0, 0.05) is 22.4 Å².